The second kappa shape index (κ2) is 7.25. The van der Waals surface area contributed by atoms with E-state index in [0.29, 0.717) is 19.0 Å². The molecule has 0 aromatic heterocycles. The first-order chi connectivity index (χ1) is 10.1. The van der Waals surface area contributed by atoms with E-state index in [1.54, 1.807) is 0 Å². The molecule has 2 rings (SSSR count). The molecule has 0 spiro atoms. The third kappa shape index (κ3) is 3.96. The summed E-state index contributed by atoms with van der Waals surface area (Å²) in [7, 11) is 0. The van der Waals surface area contributed by atoms with Gasteiger partial charge in [0.25, 0.3) is 0 Å². The average Bonchev–Trinajstić information content (AvgIpc) is 2.53. The smallest absolute Gasteiger partial charge is 0.306 e. The highest BCUT2D eigenvalue weighted by atomic mass is 16.4. The van der Waals surface area contributed by atoms with Gasteiger partial charge in [-0.25, -0.2) is 0 Å². The number of carboxylic acids is 1. The lowest BCUT2D eigenvalue weighted by Crippen LogP contribution is -2.48. The van der Waals surface area contributed by atoms with Crippen LogP contribution in [0.3, 0.4) is 0 Å². The maximum atomic E-state index is 12.5. The predicted molar refractivity (Wildman–Crippen MR) is 80.7 cm³/mol. The summed E-state index contributed by atoms with van der Waals surface area (Å²) in [5.41, 5.74) is 5.52. The monoisotopic (exact) mass is 296 g/mol. The van der Waals surface area contributed by atoms with Crippen LogP contribution in [0.2, 0.25) is 0 Å². The van der Waals surface area contributed by atoms with Crippen LogP contribution in [0.5, 0.6) is 0 Å². The van der Waals surface area contributed by atoms with E-state index in [9.17, 15) is 9.59 Å². The molecule has 0 radical (unpaired) electrons. The number of nitrogens with one attached hydrogen (secondary N) is 1. The Morgan fingerprint density at radius 3 is 2.24 bits per heavy atom. The van der Waals surface area contributed by atoms with Crippen LogP contribution >= 0.6 is 0 Å². The number of amides is 1. The molecule has 2 saturated carbocycles. The van der Waals surface area contributed by atoms with Crippen LogP contribution in [-0.2, 0) is 9.59 Å². The van der Waals surface area contributed by atoms with Crippen LogP contribution in [0.15, 0.2) is 0 Å². The van der Waals surface area contributed by atoms with E-state index in [-0.39, 0.29) is 17.2 Å². The predicted octanol–water partition coefficient (Wildman–Crippen LogP) is 1.90. The molecule has 0 bridgehead atoms. The van der Waals surface area contributed by atoms with Gasteiger partial charge < -0.3 is 16.2 Å². The van der Waals surface area contributed by atoms with Crippen molar-refractivity contribution in [2.45, 2.75) is 57.8 Å². The van der Waals surface area contributed by atoms with Gasteiger partial charge in [-0.2, -0.15) is 0 Å². The van der Waals surface area contributed by atoms with Crippen molar-refractivity contribution in [1.82, 2.24) is 5.32 Å². The van der Waals surface area contributed by atoms with Gasteiger partial charge >= 0.3 is 5.97 Å². The Hall–Kier alpha value is -1.10. The van der Waals surface area contributed by atoms with Crippen LogP contribution in [0.1, 0.15) is 57.8 Å². The highest BCUT2D eigenvalue weighted by molar-refractivity contribution is 5.83. The number of carboxylic acid groups (broad SMARTS) is 1. The number of rotatable bonds is 5. The third-order valence-corrected chi connectivity index (χ3v) is 5.43. The Bertz CT molecular complexity index is 370. The van der Waals surface area contributed by atoms with E-state index in [0.717, 1.165) is 51.4 Å². The van der Waals surface area contributed by atoms with Gasteiger partial charge in [-0.1, -0.05) is 19.3 Å². The molecule has 0 aliphatic heterocycles. The van der Waals surface area contributed by atoms with Crippen molar-refractivity contribution in [2.75, 3.05) is 13.1 Å². The molecule has 0 unspecified atom stereocenters. The van der Waals surface area contributed by atoms with Crippen molar-refractivity contribution in [3.63, 3.8) is 0 Å². The zero-order chi connectivity index (χ0) is 15.3. The maximum Gasteiger partial charge on any atom is 0.306 e. The molecule has 0 atom stereocenters. The summed E-state index contributed by atoms with van der Waals surface area (Å²) in [6.07, 6.45) is 8.45. The Morgan fingerprint density at radius 2 is 1.71 bits per heavy atom. The first-order valence-corrected chi connectivity index (χ1v) is 8.28. The quantitative estimate of drug-likeness (QED) is 0.722. The molecule has 21 heavy (non-hydrogen) atoms. The summed E-state index contributed by atoms with van der Waals surface area (Å²) in [4.78, 5) is 23.4. The van der Waals surface area contributed by atoms with Crippen LogP contribution in [-0.4, -0.2) is 30.1 Å². The Morgan fingerprint density at radius 1 is 1.10 bits per heavy atom. The lowest BCUT2D eigenvalue weighted by molar-refractivity contribution is -0.143. The van der Waals surface area contributed by atoms with E-state index < -0.39 is 5.97 Å². The van der Waals surface area contributed by atoms with Crippen molar-refractivity contribution in [2.24, 2.45) is 23.0 Å². The molecular formula is C16H28N2O3. The number of carbonyl (C=O) groups is 2. The minimum absolute atomic E-state index is 0.116. The van der Waals surface area contributed by atoms with Gasteiger partial charge in [-0.15, -0.1) is 0 Å². The molecule has 0 aromatic rings. The Labute approximate surface area is 126 Å². The van der Waals surface area contributed by atoms with Crippen molar-refractivity contribution < 1.29 is 14.7 Å². The molecule has 1 amide bonds. The summed E-state index contributed by atoms with van der Waals surface area (Å²) in [5, 5.41) is 12.1. The number of nitrogens with two attached hydrogens (primary N) is 1. The molecule has 0 aromatic carbocycles. The SMILES string of the molecule is NCC1(C(=O)NC[C@H]2CC[C@H](C(=O)O)CC2)CCCCC1. The minimum atomic E-state index is -0.679. The lowest BCUT2D eigenvalue weighted by atomic mass is 9.73. The summed E-state index contributed by atoms with van der Waals surface area (Å²) in [5.74, 6) is -0.333. The standard InChI is InChI=1S/C16H28N2O3/c17-11-16(8-2-1-3-9-16)15(21)18-10-12-4-6-13(7-5-12)14(19)20/h12-13H,1-11,17H2,(H,18,21)(H,19,20)/t12-,13-. The number of hydrogen-bond donors (Lipinski definition) is 3. The summed E-state index contributed by atoms with van der Waals surface area (Å²) in [6, 6.07) is 0. The van der Waals surface area contributed by atoms with Gasteiger partial charge in [0.05, 0.1) is 11.3 Å². The lowest BCUT2D eigenvalue weighted by Gasteiger charge is -2.35. The fourth-order valence-corrected chi connectivity index (χ4v) is 3.79. The zero-order valence-corrected chi connectivity index (χ0v) is 12.8. The molecule has 0 saturated heterocycles. The van der Waals surface area contributed by atoms with Crippen LogP contribution < -0.4 is 11.1 Å². The second-order valence-corrected chi connectivity index (χ2v) is 6.81. The molecule has 120 valence electrons. The normalized spacial score (nSPS) is 28.8. The van der Waals surface area contributed by atoms with Gasteiger partial charge in [0.1, 0.15) is 0 Å². The third-order valence-electron chi connectivity index (χ3n) is 5.43. The minimum Gasteiger partial charge on any atom is -0.481 e. The fourth-order valence-electron chi connectivity index (χ4n) is 3.79. The van der Waals surface area contributed by atoms with Gasteiger partial charge in [0.15, 0.2) is 0 Å². The van der Waals surface area contributed by atoms with Crippen molar-refractivity contribution in [1.29, 1.82) is 0 Å². The Kier molecular flexibility index (Phi) is 5.62. The molecule has 2 aliphatic carbocycles. The van der Waals surface area contributed by atoms with E-state index in [2.05, 4.69) is 5.32 Å². The van der Waals surface area contributed by atoms with Crippen LogP contribution in [0.25, 0.3) is 0 Å². The topological polar surface area (TPSA) is 92.4 Å². The van der Waals surface area contributed by atoms with E-state index in [4.69, 9.17) is 10.8 Å². The van der Waals surface area contributed by atoms with Gasteiger partial charge in [-0.3, -0.25) is 9.59 Å². The van der Waals surface area contributed by atoms with E-state index >= 15 is 0 Å². The highest BCUT2D eigenvalue weighted by Gasteiger charge is 2.38. The summed E-state index contributed by atoms with van der Waals surface area (Å²) < 4.78 is 0. The van der Waals surface area contributed by atoms with Gasteiger partial charge in [0, 0.05) is 13.1 Å². The van der Waals surface area contributed by atoms with Gasteiger partial charge in [-0.05, 0) is 44.4 Å². The molecule has 4 N–H and O–H groups in total. The van der Waals surface area contributed by atoms with E-state index in [1.807, 2.05) is 0 Å². The molecular weight excluding hydrogens is 268 g/mol. The largest absolute Gasteiger partial charge is 0.481 e. The zero-order valence-electron chi connectivity index (χ0n) is 12.8. The highest BCUT2D eigenvalue weighted by Crippen LogP contribution is 2.36. The molecule has 2 fully saturated rings. The summed E-state index contributed by atoms with van der Waals surface area (Å²) in [6.45, 7) is 1.11. The first kappa shape index (κ1) is 16.3. The second-order valence-electron chi connectivity index (χ2n) is 6.81. The molecule has 5 heteroatoms. The molecule has 5 nitrogen and oxygen atoms in total. The van der Waals surface area contributed by atoms with Gasteiger partial charge in [0.2, 0.25) is 5.91 Å². The first-order valence-electron chi connectivity index (χ1n) is 8.28. The maximum absolute atomic E-state index is 12.5. The number of hydrogen-bond acceptors (Lipinski definition) is 3. The van der Waals surface area contributed by atoms with Crippen LogP contribution in [0, 0.1) is 17.3 Å². The molecule has 0 heterocycles. The fraction of sp³-hybridized carbons (Fsp3) is 0.875. The van der Waals surface area contributed by atoms with Crippen LogP contribution in [0.4, 0.5) is 0 Å². The Balaban J connectivity index is 1.77. The van der Waals surface area contributed by atoms with E-state index in [1.165, 1.54) is 6.42 Å². The molecule has 2 aliphatic rings. The number of aliphatic carboxylic acids is 1. The van der Waals surface area contributed by atoms with Crippen molar-refractivity contribution >= 4 is 11.9 Å². The average molecular weight is 296 g/mol. The van der Waals surface area contributed by atoms with Crippen molar-refractivity contribution in [3.8, 4) is 0 Å². The summed E-state index contributed by atoms with van der Waals surface area (Å²) >= 11 is 0. The number of carbonyl (C=O) groups excluding carboxylic acids is 1. The van der Waals surface area contributed by atoms with Crippen molar-refractivity contribution in [3.05, 3.63) is 0 Å².